The van der Waals surface area contributed by atoms with Gasteiger partial charge in [-0.1, -0.05) is 96.4 Å². The Morgan fingerprint density at radius 1 is 0.884 bits per heavy atom. The normalized spacial score (nSPS) is 26.3. The van der Waals surface area contributed by atoms with Crippen LogP contribution in [0.25, 0.3) is 0 Å². The van der Waals surface area contributed by atoms with E-state index in [-0.39, 0.29) is 49.0 Å². The number of hydrogen-bond acceptors (Lipinski definition) is 11. The van der Waals surface area contributed by atoms with E-state index >= 15 is 0 Å². The summed E-state index contributed by atoms with van der Waals surface area (Å²) in [6.45, 7) is 18.0. The molecule has 1 aromatic rings. The maximum Gasteiger partial charge on any atom is 0.334 e. The number of esters is 2. The second kappa shape index (κ2) is 30.1. The minimum Gasteiger partial charge on any atom is -0.456 e. The summed E-state index contributed by atoms with van der Waals surface area (Å²) in [5, 5.41) is 11.2. The van der Waals surface area contributed by atoms with Gasteiger partial charge in [-0.15, -0.1) is 0 Å². The zero-order valence-electron chi connectivity index (χ0n) is 43.4. The molecule has 0 fully saturated rings. The van der Waals surface area contributed by atoms with Crippen LogP contribution in [-0.2, 0) is 54.3 Å². The molecule has 0 aliphatic carbocycles. The van der Waals surface area contributed by atoms with E-state index in [1.54, 1.807) is 64.1 Å². The van der Waals surface area contributed by atoms with Crippen molar-refractivity contribution in [2.24, 2.45) is 29.4 Å². The number of benzene rings is 1. The largest absolute Gasteiger partial charge is 0.456 e. The number of allylic oxidation sites excluding steroid dienone is 2. The molecule has 0 saturated heterocycles. The number of ether oxygens (including phenoxy) is 2. The Bertz CT molecular complexity index is 1940. The summed E-state index contributed by atoms with van der Waals surface area (Å²) in [4.78, 5) is 113. The zero-order chi connectivity index (χ0) is 52.0. The molecule has 1 aliphatic rings. The van der Waals surface area contributed by atoms with Crippen molar-refractivity contribution < 1.29 is 47.8 Å². The number of unbranched alkanes of at least 4 members (excludes halogenated alkanes) is 3. The highest BCUT2D eigenvalue weighted by molar-refractivity contribution is 5.96. The van der Waals surface area contributed by atoms with Crippen molar-refractivity contribution in [2.45, 2.75) is 163 Å². The first-order valence-corrected chi connectivity index (χ1v) is 24.7. The number of rotatable bonds is 15. The van der Waals surface area contributed by atoms with Crippen LogP contribution in [0.5, 0.6) is 0 Å². The predicted molar refractivity (Wildman–Crippen MR) is 266 cm³/mol. The Morgan fingerprint density at radius 2 is 1.52 bits per heavy atom. The highest BCUT2D eigenvalue weighted by Crippen LogP contribution is 2.30. The SMILES string of the molecule is C/C=C(\C)[C@H]1OC(=O)[C@@H](C)NC(=O)[C@H](C(C)CC)NC(=O)CN(C)C(=O)[C@@H](Cc2ccccc2)N(C)C(=O)[C@H](C)NC(=O)[C@@H](CC(C)C)OC(=O)/C(C)=C/C[C@H](CC(=O)NCCCCCCN)[C@@H]1C. The lowest BCUT2D eigenvalue weighted by molar-refractivity contribution is -0.154. The number of cyclic esters (lactones) is 2. The summed E-state index contributed by atoms with van der Waals surface area (Å²) in [6.07, 6.45) is 5.80. The van der Waals surface area contributed by atoms with Crippen molar-refractivity contribution in [2.75, 3.05) is 33.7 Å². The smallest absolute Gasteiger partial charge is 0.334 e. The van der Waals surface area contributed by atoms with Gasteiger partial charge in [0.1, 0.15) is 30.3 Å². The average molecular weight is 966 g/mol. The van der Waals surface area contributed by atoms with Crippen molar-refractivity contribution in [3.05, 3.63) is 59.2 Å². The summed E-state index contributed by atoms with van der Waals surface area (Å²) < 4.78 is 12.0. The average Bonchev–Trinajstić information content (AvgIpc) is 3.31. The first-order valence-electron chi connectivity index (χ1n) is 24.7. The molecule has 0 radical (unpaired) electrons. The zero-order valence-corrected chi connectivity index (χ0v) is 43.4. The molecule has 2 rings (SSSR count). The summed E-state index contributed by atoms with van der Waals surface area (Å²) in [5.41, 5.74) is 7.25. The number of carbonyl (C=O) groups is 8. The Kier molecular flexibility index (Phi) is 26.0. The molecule has 0 aromatic heterocycles. The summed E-state index contributed by atoms with van der Waals surface area (Å²) in [6, 6.07) is 4.49. The molecule has 1 unspecified atom stereocenters. The molecule has 69 heavy (non-hydrogen) atoms. The predicted octanol–water partition coefficient (Wildman–Crippen LogP) is 4.52. The van der Waals surface area contributed by atoms with Crippen molar-refractivity contribution in [3.63, 3.8) is 0 Å². The van der Waals surface area contributed by atoms with Crippen LogP contribution in [0.2, 0.25) is 0 Å². The van der Waals surface area contributed by atoms with E-state index in [1.165, 1.54) is 37.7 Å². The third kappa shape index (κ3) is 19.7. The molecule has 1 aliphatic heterocycles. The van der Waals surface area contributed by atoms with Gasteiger partial charge in [0.05, 0.1) is 6.54 Å². The van der Waals surface area contributed by atoms with Crippen LogP contribution >= 0.6 is 0 Å². The highest BCUT2D eigenvalue weighted by Gasteiger charge is 2.37. The first-order chi connectivity index (χ1) is 32.6. The lowest BCUT2D eigenvalue weighted by Crippen LogP contribution is -2.57. The van der Waals surface area contributed by atoms with Crippen LogP contribution < -0.4 is 27.0 Å². The van der Waals surface area contributed by atoms with Gasteiger partial charge in [0.25, 0.3) is 5.91 Å². The van der Waals surface area contributed by atoms with Crippen molar-refractivity contribution in [3.8, 4) is 0 Å². The monoisotopic (exact) mass is 966 g/mol. The van der Waals surface area contributed by atoms with Crippen molar-refractivity contribution >= 4 is 47.4 Å². The number of nitrogens with one attached hydrogen (secondary N) is 4. The van der Waals surface area contributed by atoms with E-state index in [1.807, 2.05) is 33.8 Å². The number of nitrogens with two attached hydrogens (primary N) is 1. The number of amides is 6. The minimum atomic E-state index is -1.28. The molecule has 17 heteroatoms. The molecular weight excluding hydrogens is 883 g/mol. The van der Waals surface area contributed by atoms with Crippen LogP contribution in [0.4, 0.5) is 0 Å². The number of carbonyl (C=O) groups excluding carboxylic acids is 8. The molecular formula is C52H83N7O10. The van der Waals surface area contributed by atoms with Crippen LogP contribution in [0, 0.1) is 23.7 Å². The summed E-state index contributed by atoms with van der Waals surface area (Å²) >= 11 is 0. The van der Waals surface area contributed by atoms with Gasteiger partial charge in [0.15, 0.2) is 6.10 Å². The minimum absolute atomic E-state index is 0.0299. The van der Waals surface area contributed by atoms with Gasteiger partial charge in [-0.25, -0.2) is 9.59 Å². The molecule has 17 nitrogen and oxygen atoms in total. The van der Waals surface area contributed by atoms with Gasteiger partial charge >= 0.3 is 11.9 Å². The lowest BCUT2D eigenvalue weighted by atomic mass is 9.81. The molecule has 0 saturated carbocycles. The van der Waals surface area contributed by atoms with Crippen molar-refractivity contribution in [1.29, 1.82) is 0 Å². The Balaban J connectivity index is 2.69. The standard InChI is InChI=1S/C52H83N7O10/c1-13-33(5)45-48(63)56-38(10)52(67)69-46(34(6)14-2)36(8)40(30-43(60)54-27-21-16-15-20-26-53)25-24-35(7)51(66)68-42(28-32(3)4)47(62)55-37(9)49(64)59(12)41(29-39-22-18-17-19-23-39)50(65)58(11)31-44(61)57-45/h14,17-19,22-24,32-33,36-38,40-42,45-46H,13,15-16,20-21,25-31,53H2,1-12H3,(H,54,60)(H,55,62)(H,56,63)(H,57,61)/b34-14+,35-24+/t33?,36-,37-,38+,40+,41+,42+,45-,46+/m0/s1. The van der Waals surface area contributed by atoms with Gasteiger partial charge in [-0.3, -0.25) is 28.8 Å². The molecule has 386 valence electrons. The summed E-state index contributed by atoms with van der Waals surface area (Å²) in [7, 11) is 2.86. The summed E-state index contributed by atoms with van der Waals surface area (Å²) in [5.74, 6) is -6.33. The Hall–Kier alpha value is -5.58. The van der Waals surface area contributed by atoms with Gasteiger partial charge in [-0.05, 0) is 95.7 Å². The van der Waals surface area contributed by atoms with E-state index < -0.39 is 96.2 Å². The number of hydrogen-bond donors (Lipinski definition) is 5. The topological polar surface area (TPSA) is 236 Å². The molecule has 1 aromatic carbocycles. The van der Waals surface area contributed by atoms with Crippen LogP contribution in [-0.4, -0.2) is 127 Å². The number of nitrogens with zero attached hydrogens (tertiary/aromatic N) is 2. The van der Waals surface area contributed by atoms with Crippen LogP contribution in [0.15, 0.2) is 53.6 Å². The fraction of sp³-hybridized carbons (Fsp3) is 0.654. The molecule has 1 heterocycles. The highest BCUT2D eigenvalue weighted by atomic mass is 16.6. The van der Waals surface area contributed by atoms with Crippen LogP contribution in [0.3, 0.4) is 0 Å². The molecule has 9 atom stereocenters. The molecule has 0 bridgehead atoms. The van der Waals surface area contributed by atoms with Gasteiger partial charge in [0, 0.05) is 45.0 Å². The second-order valence-corrected chi connectivity index (χ2v) is 19.2. The van der Waals surface area contributed by atoms with E-state index in [4.69, 9.17) is 15.2 Å². The Morgan fingerprint density at radius 3 is 2.13 bits per heavy atom. The van der Waals surface area contributed by atoms with Crippen molar-refractivity contribution in [1.82, 2.24) is 31.1 Å². The van der Waals surface area contributed by atoms with E-state index in [0.717, 1.165) is 31.2 Å². The van der Waals surface area contributed by atoms with E-state index in [9.17, 15) is 38.4 Å². The van der Waals surface area contributed by atoms with E-state index in [2.05, 4.69) is 21.3 Å². The maximum absolute atomic E-state index is 14.3. The lowest BCUT2D eigenvalue weighted by Gasteiger charge is -2.33. The molecule has 0 spiro atoms. The van der Waals surface area contributed by atoms with Gasteiger partial charge in [-0.2, -0.15) is 0 Å². The maximum atomic E-state index is 14.3. The van der Waals surface area contributed by atoms with E-state index in [0.29, 0.717) is 25.1 Å². The third-order valence-electron chi connectivity index (χ3n) is 12.9. The quantitative estimate of drug-likeness (QED) is 0.0932. The fourth-order valence-corrected chi connectivity index (χ4v) is 8.05. The molecule has 6 amide bonds. The number of likely N-dealkylation sites (N-methyl/N-ethyl adjacent to an activating group) is 2. The van der Waals surface area contributed by atoms with Gasteiger partial charge in [0.2, 0.25) is 29.5 Å². The van der Waals surface area contributed by atoms with Crippen LogP contribution in [0.1, 0.15) is 126 Å². The Labute approximate surface area is 410 Å². The first kappa shape index (κ1) is 59.5. The molecule has 6 N–H and O–H groups in total. The third-order valence-corrected chi connectivity index (χ3v) is 12.9. The fourth-order valence-electron chi connectivity index (χ4n) is 8.05. The second-order valence-electron chi connectivity index (χ2n) is 19.2. The van der Waals surface area contributed by atoms with Gasteiger partial charge < -0.3 is 46.3 Å².